The van der Waals surface area contributed by atoms with Gasteiger partial charge in [-0.3, -0.25) is 4.79 Å². The first-order valence-corrected chi connectivity index (χ1v) is 8.08. The average molecular weight is 338 g/mol. The number of rotatable bonds is 3. The van der Waals surface area contributed by atoms with Crippen LogP contribution in [-0.4, -0.2) is 14.5 Å². The molecule has 2 aromatic carbocycles. The van der Waals surface area contributed by atoms with Gasteiger partial charge in [-0.05, 0) is 29.3 Å². The zero-order chi connectivity index (χ0) is 17.9. The Morgan fingerprint density at radius 2 is 1.77 bits per heavy atom. The van der Waals surface area contributed by atoms with Crippen LogP contribution in [0.4, 0.5) is 0 Å². The van der Waals surface area contributed by atoms with Crippen LogP contribution in [0.25, 0.3) is 28.1 Å². The van der Waals surface area contributed by atoms with Crippen molar-refractivity contribution in [1.82, 2.24) is 14.5 Å². The molecule has 0 fully saturated rings. The van der Waals surface area contributed by atoms with Crippen LogP contribution in [0.3, 0.4) is 0 Å². The van der Waals surface area contributed by atoms with Gasteiger partial charge >= 0.3 is 0 Å². The van der Waals surface area contributed by atoms with Crippen molar-refractivity contribution in [2.75, 3.05) is 0 Å². The topological polar surface area (TPSA) is 74.5 Å². The Morgan fingerprint density at radius 1 is 1.00 bits per heavy atom. The predicted molar refractivity (Wildman–Crippen MR) is 99.8 cm³/mol. The Morgan fingerprint density at radius 3 is 2.42 bits per heavy atom. The van der Waals surface area contributed by atoms with E-state index in [1.807, 2.05) is 77.5 Å². The third-order valence-corrected chi connectivity index (χ3v) is 4.21. The van der Waals surface area contributed by atoms with Gasteiger partial charge in [0.1, 0.15) is 11.6 Å². The monoisotopic (exact) mass is 338 g/mol. The molecule has 0 radical (unpaired) electrons. The van der Waals surface area contributed by atoms with Crippen LogP contribution in [0.5, 0.6) is 0 Å². The number of nitrogens with one attached hydrogen (secondary N) is 1. The Kier molecular flexibility index (Phi) is 3.92. The second-order valence-electron chi connectivity index (χ2n) is 5.80. The van der Waals surface area contributed by atoms with Crippen molar-refractivity contribution >= 4 is 0 Å². The van der Waals surface area contributed by atoms with E-state index in [-0.39, 0.29) is 11.1 Å². The molecule has 2 aromatic heterocycles. The van der Waals surface area contributed by atoms with E-state index in [0.717, 1.165) is 16.8 Å². The highest BCUT2D eigenvalue weighted by molar-refractivity contribution is 5.75. The molecular weight excluding hydrogens is 324 g/mol. The Bertz CT molecular complexity index is 1140. The van der Waals surface area contributed by atoms with Crippen molar-refractivity contribution < 1.29 is 0 Å². The summed E-state index contributed by atoms with van der Waals surface area (Å²) >= 11 is 0. The molecule has 1 N–H and O–H groups in total. The van der Waals surface area contributed by atoms with E-state index < -0.39 is 0 Å². The van der Waals surface area contributed by atoms with Crippen molar-refractivity contribution in [1.29, 1.82) is 5.26 Å². The minimum absolute atomic E-state index is 0.120. The number of imidazole rings is 1. The molecule has 0 saturated carbocycles. The second-order valence-corrected chi connectivity index (χ2v) is 5.80. The fraction of sp³-hybridized carbons (Fsp3) is 0. The average Bonchev–Trinajstić information content (AvgIpc) is 3.23. The molecular formula is C21H14N4O. The minimum Gasteiger partial charge on any atom is -0.321 e. The van der Waals surface area contributed by atoms with Gasteiger partial charge in [0, 0.05) is 29.3 Å². The van der Waals surface area contributed by atoms with Gasteiger partial charge in [-0.1, -0.05) is 42.5 Å². The molecule has 4 rings (SSSR count). The van der Waals surface area contributed by atoms with E-state index in [0.29, 0.717) is 11.3 Å². The highest BCUT2D eigenvalue weighted by Crippen LogP contribution is 2.26. The van der Waals surface area contributed by atoms with Gasteiger partial charge in [-0.25, -0.2) is 4.98 Å². The molecule has 4 aromatic rings. The van der Waals surface area contributed by atoms with Gasteiger partial charge in [-0.15, -0.1) is 0 Å². The van der Waals surface area contributed by atoms with Gasteiger partial charge in [0.05, 0.1) is 6.33 Å². The van der Waals surface area contributed by atoms with Crippen molar-refractivity contribution in [2.45, 2.75) is 0 Å². The third-order valence-electron chi connectivity index (χ3n) is 4.21. The van der Waals surface area contributed by atoms with Crippen LogP contribution in [0.15, 0.2) is 84.2 Å². The van der Waals surface area contributed by atoms with Gasteiger partial charge in [0.2, 0.25) is 0 Å². The minimum atomic E-state index is -0.387. The predicted octanol–water partition coefficient (Wildman–Crippen LogP) is 3.77. The van der Waals surface area contributed by atoms with Crippen LogP contribution in [0, 0.1) is 11.3 Å². The fourth-order valence-corrected chi connectivity index (χ4v) is 2.90. The molecule has 0 atom stereocenters. The van der Waals surface area contributed by atoms with Gasteiger partial charge in [0.15, 0.2) is 0 Å². The highest BCUT2D eigenvalue weighted by atomic mass is 16.1. The summed E-state index contributed by atoms with van der Waals surface area (Å²) in [5.74, 6) is 0. The number of H-pyrrole nitrogens is 1. The summed E-state index contributed by atoms with van der Waals surface area (Å²) in [6.45, 7) is 0. The highest BCUT2D eigenvalue weighted by Gasteiger charge is 2.12. The van der Waals surface area contributed by atoms with Crippen molar-refractivity contribution in [3.8, 4) is 34.1 Å². The number of benzene rings is 2. The first-order valence-electron chi connectivity index (χ1n) is 8.08. The molecule has 5 heteroatoms. The largest absolute Gasteiger partial charge is 0.321 e. The summed E-state index contributed by atoms with van der Waals surface area (Å²) in [7, 11) is 0. The lowest BCUT2D eigenvalue weighted by Crippen LogP contribution is -2.12. The SMILES string of the molecule is N#Cc1c(-c2ccccc2)cc(-c2ccc(-n3ccnc3)cc2)[nH]c1=O. The van der Waals surface area contributed by atoms with E-state index in [9.17, 15) is 10.1 Å². The van der Waals surface area contributed by atoms with Crippen LogP contribution >= 0.6 is 0 Å². The van der Waals surface area contributed by atoms with E-state index in [4.69, 9.17) is 0 Å². The number of hydrogen-bond donors (Lipinski definition) is 1. The molecule has 0 bridgehead atoms. The smallest absolute Gasteiger partial charge is 0.266 e. The lowest BCUT2D eigenvalue weighted by Gasteiger charge is -2.09. The van der Waals surface area contributed by atoms with Crippen LogP contribution in [-0.2, 0) is 0 Å². The van der Waals surface area contributed by atoms with Crippen LogP contribution in [0.1, 0.15) is 5.56 Å². The first kappa shape index (κ1) is 15.6. The standard InChI is InChI=1S/C21H14N4O/c22-13-19-18(15-4-2-1-3-5-15)12-20(24-21(19)26)16-6-8-17(9-7-16)25-11-10-23-14-25/h1-12,14H,(H,24,26). The maximum atomic E-state index is 12.4. The summed E-state index contributed by atoms with van der Waals surface area (Å²) in [4.78, 5) is 19.3. The molecule has 5 nitrogen and oxygen atoms in total. The molecule has 26 heavy (non-hydrogen) atoms. The summed E-state index contributed by atoms with van der Waals surface area (Å²) in [6.07, 6.45) is 5.32. The Hall–Kier alpha value is -3.91. The number of nitriles is 1. The molecule has 0 aliphatic carbocycles. The zero-order valence-electron chi connectivity index (χ0n) is 13.8. The maximum Gasteiger partial charge on any atom is 0.266 e. The molecule has 0 aliphatic rings. The van der Waals surface area contributed by atoms with E-state index in [1.165, 1.54) is 0 Å². The Balaban J connectivity index is 1.82. The number of aromatic amines is 1. The number of pyridine rings is 1. The third kappa shape index (κ3) is 2.80. The zero-order valence-corrected chi connectivity index (χ0v) is 13.8. The van der Waals surface area contributed by atoms with Gasteiger partial charge < -0.3 is 9.55 Å². The summed E-state index contributed by atoms with van der Waals surface area (Å²) in [5, 5.41) is 9.39. The number of aromatic nitrogens is 3. The summed E-state index contributed by atoms with van der Waals surface area (Å²) < 4.78 is 1.90. The van der Waals surface area contributed by atoms with Crippen LogP contribution in [0.2, 0.25) is 0 Å². The fourth-order valence-electron chi connectivity index (χ4n) is 2.90. The van der Waals surface area contributed by atoms with Gasteiger partial charge in [-0.2, -0.15) is 5.26 Å². The molecule has 0 amide bonds. The molecule has 0 unspecified atom stereocenters. The molecule has 0 aliphatic heterocycles. The van der Waals surface area contributed by atoms with E-state index >= 15 is 0 Å². The normalized spacial score (nSPS) is 10.4. The maximum absolute atomic E-state index is 12.4. The Labute approximate surface area is 149 Å². The quantitative estimate of drug-likeness (QED) is 0.618. The summed E-state index contributed by atoms with van der Waals surface area (Å²) in [5.41, 5.74) is 3.72. The van der Waals surface area contributed by atoms with Crippen molar-refractivity contribution in [3.63, 3.8) is 0 Å². The van der Waals surface area contributed by atoms with Crippen molar-refractivity contribution in [3.05, 3.63) is 95.3 Å². The van der Waals surface area contributed by atoms with Gasteiger partial charge in [0.25, 0.3) is 5.56 Å². The first-order chi connectivity index (χ1) is 12.8. The molecule has 124 valence electrons. The van der Waals surface area contributed by atoms with Crippen molar-refractivity contribution in [2.24, 2.45) is 0 Å². The number of nitrogens with zero attached hydrogens (tertiary/aromatic N) is 3. The second kappa shape index (κ2) is 6.54. The van der Waals surface area contributed by atoms with E-state index in [2.05, 4.69) is 9.97 Å². The molecule has 2 heterocycles. The lowest BCUT2D eigenvalue weighted by molar-refractivity contribution is 1.06. The lowest BCUT2D eigenvalue weighted by atomic mass is 9.99. The summed E-state index contributed by atoms with van der Waals surface area (Å²) in [6, 6.07) is 21.1. The molecule has 0 saturated heterocycles. The molecule has 0 spiro atoms. The number of hydrogen-bond acceptors (Lipinski definition) is 3. The van der Waals surface area contributed by atoms with E-state index in [1.54, 1.807) is 12.5 Å². The van der Waals surface area contributed by atoms with Crippen LogP contribution < -0.4 is 5.56 Å².